The molecule has 2 aromatic rings. The number of thiocarbonyl (C=S) groups is 1. The van der Waals surface area contributed by atoms with Gasteiger partial charge in [-0.25, -0.2) is 0 Å². The molecule has 0 radical (unpaired) electrons. The Morgan fingerprint density at radius 2 is 1.95 bits per heavy atom. The maximum absolute atomic E-state index is 5.54. The molecule has 0 saturated heterocycles. The van der Waals surface area contributed by atoms with Crippen LogP contribution in [0.15, 0.2) is 46.9 Å². The molecule has 0 bridgehead atoms. The van der Waals surface area contributed by atoms with Crippen molar-refractivity contribution in [1.82, 2.24) is 10.2 Å². The van der Waals surface area contributed by atoms with Crippen molar-refractivity contribution in [2.45, 2.75) is 20.0 Å². The molecule has 1 N–H and O–H groups in total. The molecular weight excluding hydrogens is 256 g/mol. The molecule has 0 aliphatic heterocycles. The summed E-state index contributed by atoms with van der Waals surface area (Å²) in [6, 6.07) is 14.1. The van der Waals surface area contributed by atoms with Crippen LogP contribution in [0.2, 0.25) is 0 Å². The predicted molar refractivity (Wildman–Crippen MR) is 80.8 cm³/mol. The van der Waals surface area contributed by atoms with Crippen LogP contribution in [-0.4, -0.2) is 17.1 Å². The first-order valence-electron chi connectivity index (χ1n) is 6.23. The van der Waals surface area contributed by atoms with Crippen LogP contribution in [0.3, 0.4) is 0 Å². The van der Waals surface area contributed by atoms with Crippen LogP contribution in [-0.2, 0) is 13.1 Å². The first-order valence-corrected chi connectivity index (χ1v) is 6.64. The molecule has 0 amide bonds. The minimum absolute atomic E-state index is 0.675. The molecule has 0 saturated carbocycles. The lowest BCUT2D eigenvalue weighted by Crippen LogP contribution is -2.36. The minimum atomic E-state index is 0.675. The molecule has 0 spiro atoms. The maximum atomic E-state index is 5.54. The predicted octanol–water partition coefficient (Wildman–Crippen LogP) is 3.09. The Morgan fingerprint density at radius 3 is 2.58 bits per heavy atom. The Kier molecular flexibility index (Phi) is 4.58. The van der Waals surface area contributed by atoms with Gasteiger partial charge in [-0.05, 0) is 36.8 Å². The summed E-state index contributed by atoms with van der Waals surface area (Å²) in [6.07, 6.45) is 0. The van der Waals surface area contributed by atoms with Crippen molar-refractivity contribution < 1.29 is 4.42 Å². The third-order valence-corrected chi connectivity index (χ3v) is 3.28. The molecule has 0 unspecified atom stereocenters. The van der Waals surface area contributed by atoms with Crippen LogP contribution in [0.5, 0.6) is 0 Å². The molecule has 1 heterocycles. The molecule has 4 heteroatoms. The third kappa shape index (κ3) is 4.10. The first kappa shape index (κ1) is 13.6. The van der Waals surface area contributed by atoms with E-state index in [0.717, 1.165) is 23.2 Å². The first-order chi connectivity index (χ1) is 9.15. The van der Waals surface area contributed by atoms with E-state index >= 15 is 0 Å². The number of aryl methyl sites for hydroxylation is 1. The van der Waals surface area contributed by atoms with Crippen molar-refractivity contribution >= 4 is 17.3 Å². The Hall–Kier alpha value is -1.81. The number of rotatable bonds is 4. The second kappa shape index (κ2) is 6.38. The fourth-order valence-electron chi connectivity index (χ4n) is 1.78. The largest absolute Gasteiger partial charge is 0.464 e. The van der Waals surface area contributed by atoms with Gasteiger partial charge in [0.2, 0.25) is 0 Å². The Morgan fingerprint density at radius 1 is 1.21 bits per heavy atom. The van der Waals surface area contributed by atoms with Crippen LogP contribution in [0, 0.1) is 6.92 Å². The smallest absolute Gasteiger partial charge is 0.169 e. The number of furan rings is 1. The topological polar surface area (TPSA) is 28.4 Å². The molecule has 3 nitrogen and oxygen atoms in total. The number of hydrogen-bond acceptors (Lipinski definition) is 2. The summed E-state index contributed by atoms with van der Waals surface area (Å²) in [5.41, 5.74) is 1.21. The van der Waals surface area contributed by atoms with Crippen LogP contribution in [0.25, 0.3) is 0 Å². The van der Waals surface area contributed by atoms with Crippen LogP contribution in [0.1, 0.15) is 17.1 Å². The highest BCUT2D eigenvalue weighted by Crippen LogP contribution is 2.08. The van der Waals surface area contributed by atoms with Gasteiger partial charge in [0.1, 0.15) is 11.5 Å². The standard InChI is InChI=1S/C15H18N2OS/c1-12-8-9-14(18-12)11-17(2)15(19)16-10-13-6-4-3-5-7-13/h3-9H,10-11H2,1-2H3,(H,16,19). The van der Waals surface area contributed by atoms with Gasteiger partial charge in [-0.15, -0.1) is 0 Å². The monoisotopic (exact) mass is 274 g/mol. The lowest BCUT2D eigenvalue weighted by Gasteiger charge is -2.19. The Bertz CT molecular complexity index is 536. The highest BCUT2D eigenvalue weighted by atomic mass is 32.1. The second-order valence-electron chi connectivity index (χ2n) is 4.51. The zero-order valence-electron chi connectivity index (χ0n) is 11.2. The van der Waals surface area contributed by atoms with Gasteiger partial charge in [0.15, 0.2) is 5.11 Å². The molecule has 1 aromatic heterocycles. The number of hydrogen-bond donors (Lipinski definition) is 1. The zero-order chi connectivity index (χ0) is 13.7. The van der Waals surface area contributed by atoms with Crippen molar-refractivity contribution in [2.24, 2.45) is 0 Å². The van der Waals surface area contributed by atoms with Crippen LogP contribution in [0.4, 0.5) is 0 Å². The highest BCUT2D eigenvalue weighted by molar-refractivity contribution is 7.80. The van der Waals surface area contributed by atoms with Crippen molar-refractivity contribution in [3.05, 3.63) is 59.5 Å². The Balaban J connectivity index is 1.82. The van der Waals surface area contributed by atoms with Crippen molar-refractivity contribution in [3.63, 3.8) is 0 Å². The summed E-state index contributed by atoms with van der Waals surface area (Å²) in [5.74, 6) is 1.84. The summed E-state index contributed by atoms with van der Waals surface area (Å²) < 4.78 is 5.54. The van der Waals surface area contributed by atoms with Crippen LogP contribution >= 0.6 is 12.2 Å². The fourth-order valence-corrected chi connectivity index (χ4v) is 1.92. The highest BCUT2D eigenvalue weighted by Gasteiger charge is 2.07. The van der Waals surface area contributed by atoms with Gasteiger partial charge in [0.25, 0.3) is 0 Å². The summed E-state index contributed by atoms with van der Waals surface area (Å²) >= 11 is 5.35. The van der Waals surface area contributed by atoms with E-state index < -0.39 is 0 Å². The van der Waals surface area contributed by atoms with Gasteiger partial charge in [0.05, 0.1) is 6.54 Å². The van der Waals surface area contributed by atoms with Gasteiger partial charge >= 0.3 is 0 Å². The molecule has 0 fully saturated rings. The third-order valence-electron chi connectivity index (χ3n) is 2.82. The molecule has 2 rings (SSSR count). The number of benzene rings is 1. The van der Waals surface area contributed by atoms with Gasteiger partial charge in [-0.3, -0.25) is 0 Å². The molecule has 1 aromatic carbocycles. The average molecular weight is 274 g/mol. The van der Waals surface area contributed by atoms with E-state index in [1.54, 1.807) is 0 Å². The van der Waals surface area contributed by atoms with E-state index in [4.69, 9.17) is 16.6 Å². The van der Waals surface area contributed by atoms with Crippen molar-refractivity contribution in [1.29, 1.82) is 0 Å². The lowest BCUT2D eigenvalue weighted by atomic mass is 10.2. The van der Waals surface area contributed by atoms with E-state index in [9.17, 15) is 0 Å². The maximum Gasteiger partial charge on any atom is 0.169 e. The molecular formula is C15H18N2OS. The van der Waals surface area contributed by atoms with E-state index in [2.05, 4.69) is 17.4 Å². The molecule has 100 valence electrons. The molecule has 0 aliphatic carbocycles. The van der Waals surface area contributed by atoms with Crippen molar-refractivity contribution in [3.8, 4) is 0 Å². The number of nitrogens with zero attached hydrogens (tertiary/aromatic N) is 1. The van der Waals surface area contributed by atoms with Crippen LogP contribution < -0.4 is 5.32 Å². The summed E-state index contributed by atoms with van der Waals surface area (Å²) in [6.45, 7) is 3.35. The lowest BCUT2D eigenvalue weighted by molar-refractivity contribution is 0.396. The summed E-state index contributed by atoms with van der Waals surface area (Å²) in [4.78, 5) is 1.97. The number of nitrogens with one attached hydrogen (secondary N) is 1. The van der Waals surface area contributed by atoms with Gasteiger partial charge in [-0.1, -0.05) is 30.3 Å². The molecule has 19 heavy (non-hydrogen) atoms. The second-order valence-corrected chi connectivity index (χ2v) is 4.90. The quantitative estimate of drug-likeness (QED) is 0.867. The minimum Gasteiger partial charge on any atom is -0.464 e. The summed E-state index contributed by atoms with van der Waals surface area (Å²) in [7, 11) is 1.96. The summed E-state index contributed by atoms with van der Waals surface area (Å²) in [5, 5.41) is 3.96. The van der Waals surface area contributed by atoms with Gasteiger partial charge in [-0.2, -0.15) is 0 Å². The average Bonchev–Trinajstić information content (AvgIpc) is 2.82. The van der Waals surface area contributed by atoms with Gasteiger partial charge < -0.3 is 14.6 Å². The normalized spacial score (nSPS) is 10.2. The SMILES string of the molecule is Cc1ccc(CN(C)C(=S)NCc2ccccc2)o1. The van der Waals surface area contributed by atoms with Crippen molar-refractivity contribution in [2.75, 3.05) is 7.05 Å². The van der Waals surface area contributed by atoms with Gasteiger partial charge in [0, 0.05) is 13.6 Å². The van der Waals surface area contributed by atoms with E-state index in [-0.39, 0.29) is 0 Å². The fraction of sp³-hybridized carbons (Fsp3) is 0.267. The zero-order valence-corrected chi connectivity index (χ0v) is 12.0. The van der Waals surface area contributed by atoms with E-state index in [1.165, 1.54) is 5.56 Å². The Labute approximate surface area is 119 Å². The molecule has 0 aliphatic rings. The van der Waals surface area contributed by atoms with E-state index in [1.807, 2.05) is 49.2 Å². The van der Waals surface area contributed by atoms with E-state index in [0.29, 0.717) is 6.54 Å². The molecule has 0 atom stereocenters.